The molecule has 0 fully saturated rings. The Balaban J connectivity index is 2.33. The van der Waals surface area contributed by atoms with Gasteiger partial charge in [0.05, 0.1) is 6.61 Å². The van der Waals surface area contributed by atoms with Crippen LogP contribution in [0.15, 0.2) is 34.7 Å². The number of ether oxygens (including phenoxy) is 2. The van der Waals surface area contributed by atoms with E-state index in [1.54, 1.807) is 13.0 Å². The average molecular weight is 234 g/mol. The minimum absolute atomic E-state index is 0.318. The van der Waals surface area contributed by atoms with Crippen LogP contribution in [0.1, 0.15) is 18.8 Å². The SMILES string of the molecule is CCOC(=O)C(OC)c1cc2ccccc2o1. The lowest BCUT2D eigenvalue weighted by atomic mass is 10.2. The first kappa shape index (κ1) is 11.7. The Morgan fingerprint density at radius 2 is 2.18 bits per heavy atom. The molecule has 0 aliphatic rings. The first-order valence-electron chi connectivity index (χ1n) is 5.44. The molecule has 4 nitrogen and oxygen atoms in total. The van der Waals surface area contributed by atoms with Crippen LogP contribution in [0.25, 0.3) is 11.0 Å². The van der Waals surface area contributed by atoms with Crippen LogP contribution in [-0.4, -0.2) is 19.7 Å². The first-order valence-corrected chi connectivity index (χ1v) is 5.44. The van der Waals surface area contributed by atoms with Gasteiger partial charge in [0.1, 0.15) is 11.3 Å². The largest absolute Gasteiger partial charge is 0.464 e. The number of furan rings is 1. The lowest BCUT2D eigenvalue weighted by Crippen LogP contribution is -2.16. The maximum atomic E-state index is 11.6. The Morgan fingerprint density at radius 1 is 1.41 bits per heavy atom. The summed E-state index contributed by atoms with van der Waals surface area (Å²) in [6, 6.07) is 9.34. The maximum Gasteiger partial charge on any atom is 0.343 e. The van der Waals surface area contributed by atoms with E-state index in [1.807, 2.05) is 24.3 Å². The number of esters is 1. The summed E-state index contributed by atoms with van der Waals surface area (Å²) < 4.78 is 15.6. The van der Waals surface area contributed by atoms with Crippen LogP contribution in [0, 0.1) is 0 Å². The molecular weight excluding hydrogens is 220 g/mol. The molecule has 0 bridgehead atoms. The number of carbonyl (C=O) groups is 1. The van der Waals surface area contributed by atoms with Crippen molar-refractivity contribution in [1.82, 2.24) is 0 Å². The van der Waals surface area contributed by atoms with Gasteiger partial charge in [-0.05, 0) is 19.1 Å². The zero-order valence-corrected chi connectivity index (χ0v) is 9.80. The molecule has 0 aliphatic carbocycles. The molecule has 1 aromatic heterocycles. The molecule has 1 unspecified atom stereocenters. The van der Waals surface area contributed by atoms with E-state index in [-0.39, 0.29) is 0 Å². The van der Waals surface area contributed by atoms with Gasteiger partial charge in [0, 0.05) is 12.5 Å². The quantitative estimate of drug-likeness (QED) is 0.763. The summed E-state index contributed by atoms with van der Waals surface area (Å²) >= 11 is 0. The molecule has 1 heterocycles. The number of hydrogen-bond donors (Lipinski definition) is 0. The highest BCUT2D eigenvalue weighted by Gasteiger charge is 2.25. The van der Waals surface area contributed by atoms with Gasteiger partial charge in [0.15, 0.2) is 0 Å². The van der Waals surface area contributed by atoms with E-state index in [4.69, 9.17) is 13.9 Å². The Kier molecular flexibility index (Phi) is 3.44. The Morgan fingerprint density at radius 3 is 2.82 bits per heavy atom. The third-order valence-electron chi connectivity index (χ3n) is 2.44. The van der Waals surface area contributed by atoms with E-state index in [2.05, 4.69) is 0 Å². The second-order valence-electron chi connectivity index (χ2n) is 3.55. The molecular formula is C13H14O4. The van der Waals surface area contributed by atoms with E-state index >= 15 is 0 Å². The van der Waals surface area contributed by atoms with Crippen molar-refractivity contribution in [2.45, 2.75) is 13.0 Å². The fourth-order valence-corrected chi connectivity index (χ4v) is 1.68. The van der Waals surface area contributed by atoms with Gasteiger partial charge in [0.25, 0.3) is 0 Å². The van der Waals surface area contributed by atoms with Crippen LogP contribution in [0.4, 0.5) is 0 Å². The topological polar surface area (TPSA) is 48.7 Å². The number of benzene rings is 1. The van der Waals surface area contributed by atoms with Crippen molar-refractivity contribution in [3.8, 4) is 0 Å². The smallest absolute Gasteiger partial charge is 0.343 e. The second kappa shape index (κ2) is 5.01. The molecule has 1 aromatic carbocycles. The van der Waals surface area contributed by atoms with Crippen molar-refractivity contribution >= 4 is 16.9 Å². The van der Waals surface area contributed by atoms with Gasteiger partial charge in [-0.15, -0.1) is 0 Å². The van der Waals surface area contributed by atoms with Crippen LogP contribution in [0.5, 0.6) is 0 Å². The molecule has 0 spiro atoms. The predicted octanol–water partition coefficient (Wildman–Crippen LogP) is 2.68. The first-order chi connectivity index (χ1) is 8.26. The number of para-hydroxylation sites is 1. The molecule has 17 heavy (non-hydrogen) atoms. The number of methoxy groups -OCH3 is 1. The highest BCUT2D eigenvalue weighted by atomic mass is 16.6. The van der Waals surface area contributed by atoms with E-state index in [1.165, 1.54) is 7.11 Å². The standard InChI is InChI=1S/C13H14O4/c1-3-16-13(14)12(15-2)11-8-9-6-4-5-7-10(9)17-11/h4-8,12H,3H2,1-2H3. The van der Waals surface area contributed by atoms with Gasteiger partial charge in [-0.3, -0.25) is 0 Å². The number of rotatable bonds is 4. The molecule has 0 saturated heterocycles. The summed E-state index contributed by atoms with van der Waals surface area (Å²) in [6.45, 7) is 2.07. The van der Waals surface area contributed by atoms with Crippen molar-refractivity contribution in [2.75, 3.05) is 13.7 Å². The van der Waals surface area contributed by atoms with Gasteiger partial charge in [0.2, 0.25) is 6.10 Å². The van der Waals surface area contributed by atoms with E-state index in [0.29, 0.717) is 12.4 Å². The van der Waals surface area contributed by atoms with E-state index in [9.17, 15) is 4.79 Å². The zero-order chi connectivity index (χ0) is 12.3. The number of carbonyl (C=O) groups excluding carboxylic acids is 1. The van der Waals surface area contributed by atoms with Gasteiger partial charge in [-0.1, -0.05) is 18.2 Å². The second-order valence-corrected chi connectivity index (χ2v) is 3.55. The fraction of sp³-hybridized carbons (Fsp3) is 0.308. The molecule has 2 rings (SSSR count). The van der Waals surface area contributed by atoms with Crippen molar-refractivity contribution in [3.63, 3.8) is 0 Å². The minimum atomic E-state index is -0.803. The molecule has 0 amide bonds. The maximum absolute atomic E-state index is 11.6. The van der Waals surface area contributed by atoms with Crippen molar-refractivity contribution in [2.24, 2.45) is 0 Å². The Bertz CT molecular complexity index is 482. The van der Waals surface area contributed by atoms with E-state index < -0.39 is 12.1 Å². The molecule has 0 radical (unpaired) electrons. The van der Waals surface area contributed by atoms with Crippen LogP contribution in [0.2, 0.25) is 0 Å². The summed E-state index contributed by atoms with van der Waals surface area (Å²) in [5.41, 5.74) is 0.730. The highest BCUT2D eigenvalue weighted by molar-refractivity contribution is 5.81. The van der Waals surface area contributed by atoms with Crippen molar-refractivity contribution in [1.29, 1.82) is 0 Å². The Hall–Kier alpha value is -1.81. The molecule has 0 N–H and O–H groups in total. The Labute approximate surface area is 99.1 Å². The van der Waals surface area contributed by atoms with Gasteiger partial charge >= 0.3 is 5.97 Å². The lowest BCUT2D eigenvalue weighted by molar-refractivity contribution is -0.156. The lowest BCUT2D eigenvalue weighted by Gasteiger charge is -2.10. The summed E-state index contributed by atoms with van der Waals surface area (Å²) in [6.07, 6.45) is -0.803. The predicted molar refractivity (Wildman–Crippen MR) is 62.6 cm³/mol. The average Bonchev–Trinajstić information content (AvgIpc) is 2.73. The summed E-state index contributed by atoms with van der Waals surface area (Å²) in [7, 11) is 1.45. The summed E-state index contributed by atoms with van der Waals surface area (Å²) in [5, 5.41) is 0.939. The third-order valence-corrected chi connectivity index (χ3v) is 2.44. The molecule has 90 valence electrons. The van der Waals surface area contributed by atoms with Gasteiger partial charge < -0.3 is 13.9 Å². The van der Waals surface area contributed by atoms with Crippen molar-refractivity contribution < 1.29 is 18.7 Å². The van der Waals surface area contributed by atoms with Gasteiger partial charge in [-0.2, -0.15) is 0 Å². The number of hydrogen-bond acceptors (Lipinski definition) is 4. The van der Waals surface area contributed by atoms with Crippen LogP contribution < -0.4 is 0 Å². The summed E-state index contributed by atoms with van der Waals surface area (Å²) in [5.74, 6) is 0.0289. The fourth-order valence-electron chi connectivity index (χ4n) is 1.68. The van der Waals surface area contributed by atoms with Crippen LogP contribution in [0.3, 0.4) is 0 Å². The third kappa shape index (κ3) is 2.31. The monoisotopic (exact) mass is 234 g/mol. The molecule has 0 aliphatic heterocycles. The molecule has 2 aromatic rings. The van der Waals surface area contributed by atoms with Crippen LogP contribution in [-0.2, 0) is 14.3 Å². The minimum Gasteiger partial charge on any atom is -0.464 e. The molecule has 0 saturated carbocycles. The van der Waals surface area contributed by atoms with Crippen molar-refractivity contribution in [3.05, 3.63) is 36.1 Å². The zero-order valence-electron chi connectivity index (χ0n) is 9.80. The molecule has 1 atom stereocenters. The van der Waals surface area contributed by atoms with Crippen LogP contribution >= 0.6 is 0 Å². The summed E-state index contributed by atoms with van der Waals surface area (Å²) in [4.78, 5) is 11.6. The van der Waals surface area contributed by atoms with Gasteiger partial charge in [-0.25, -0.2) is 4.79 Å². The highest BCUT2D eigenvalue weighted by Crippen LogP contribution is 2.26. The molecule has 4 heteroatoms. The number of fused-ring (bicyclic) bond motifs is 1. The normalized spacial score (nSPS) is 12.6. The van der Waals surface area contributed by atoms with E-state index in [0.717, 1.165) is 11.0 Å².